The van der Waals surface area contributed by atoms with Crippen molar-refractivity contribution in [2.75, 3.05) is 0 Å². The third-order valence-corrected chi connectivity index (χ3v) is 6.00. The zero-order valence-corrected chi connectivity index (χ0v) is 17.2. The van der Waals surface area contributed by atoms with Crippen molar-refractivity contribution in [1.29, 1.82) is 5.26 Å². The molecule has 0 saturated carbocycles. The first-order chi connectivity index (χ1) is 13.6. The van der Waals surface area contributed by atoms with Crippen LogP contribution in [-0.2, 0) is 12.8 Å². The second-order valence-corrected chi connectivity index (χ2v) is 8.29. The summed E-state index contributed by atoms with van der Waals surface area (Å²) in [4.78, 5) is 3.28. The highest BCUT2D eigenvalue weighted by atomic mass is 32.1. The Morgan fingerprint density at radius 2 is 1.61 bits per heavy atom. The SMILES string of the molecule is CC(C)c1ccc(-c2cc(-c3ccc4c(c3)CCCC4)[nH]c(=S)c2C#N)cc1. The average Bonchev–Trinajstić information content (AvgIpc) is 2.73. The lowest BCUT2D eigenvalue weighted by Gasteiger charge is -2.17. The predicted octanol–water partition coefficient (Wildman–Crippen LogP) is 6.95. The van der Waals surface area contributed by atoms with Gasteiger partial charge in [-0.25, -0.2) is 0 Å². The van der Waals surface area contributed by atoms with Crippen LogP contribution in [0.4, 0.5) is 0 Å². The quantitative estimate of drug-likeness (QED) is 0.496. The van der Waals surface area contributed by atoms with Gasteiger partial charge >= 0.3 is 0 Å². The summed E-state index contributed by atoms with van der Waals surface area (Å²) in [5.74, 6) is 0.481. The Morgan fingerprint density at radius 3 is 2.29 bits per heavy atom. The van der Waals surface area contributed by atoms with E-state index < -0.39 is 0 Å². The minimum Gasteiger partial charge on any atom is -0.345 e. The summed E-state index contributed by atoms with van der Waals surface area (Å²) in [7, 11) is 0. The summed E-state index contributed by atoms with van der Waals surface area (Å²) >= 11 is 5.54. The first-order valence-corrected chi connectivity index (χ1v) is 10.4. The van der Waals surface area contributed by atoms with Crippen LogP contribution in [0.25, 0.3) is 22.4 Å². The van der Waals surface area contributed by atoms with Gasteiger partial charge in [0.15, 0.2) is 0 Å². The lowest BCUT2D eigenvalue weighted by molar-refractivity contribution is 0.686. The molecule has 1 aromatic heterocycles. The van der Waals surface area contributed by atoms with E-state index in [1.165, 1.54) is 36.0 Å². The van der Waals surface area contributed by atoms with Crippen LogP contribution >= 0.6 is 12.2 Å². The van der Waals surface area contributed by atoms with Gasteiger partial charge in [0.2, 0.25) is 0 Å². The fourth-order valence-corrected chi connectivity index (χ4v) is 4.27. The molecule has 1 aliphatic carbocycles. The lowest BCUT2D eigenvalue weighted by atomic mass is 9.89. The molecule has 0 saturated heterocycles. The molecule has 140 valence electrons. The van der Waals surface area contributed by atoms with Gasteiger partial charge in [0.25, 0.3) is 0 Å². The van der Waals surface area contributed by atoms with Crippen molar-refractivity contribution in [3.63, 3.8) is 0 Å². The standard InChI is InChI=1S/C25H24N2S/c1-16(2)17-7-10-19(11-8-17)22-14-24(27-25(28)23(22)15-26)21-12-9-18-5-3-4-6-20(18)13-21/h7-14,16H,3-6H2,1-2H3,(H,27,28). The van der Waals surface area contributed by atoms with Crippen LogP contribution in [0.15, 0.2) is 48.5 Å². The Balaban J connectivity index is 1.83. The van der Waals surface area contributed by atoms with Gasteiger partial charge in [-0.05, 0) is 71.6 Å². The maximum absolute atomic E-state index is 9.69. The number of nitriles is 1. The molecule has 28 heavy (non-hydrogen) atoms. The van der Waals surface area contributed by atoms with Gasteiger partial charge in [-0.2, -0.15) is 5.26 Å². The van der Waals surface area contributed by atoms with Gasteiger partial charge in [0.1, 0.15) is 10.7 Å². The second kappa shape index (κ2) is 7.73. The molecule has 0 bridgehead atoms. The first kappa shape index (κ1) is 18.7. The van der Waals surface area contributed by atoms with E-state index in [2.05, 4.69) is 73.4 Å². The molecule has 3 heteroatoms. The van der Waals surface area contributed by atoms with Gasteiger partial charge < -0.3 is 4.98 Å². The number of nitrogens with zero attached hydrogens (tertiary/aromatic N) is 1. The molecule has 3 aromatic rings. The first-order valence-electron chi connectivity index (χ1n) is 9.96. The maximum Gasteiger partial charge on any atom is 0.122 e. The van der Waals surface area contributed by atoms with Crippen LogP contribution in [0.1, 0.15) is 54.9 Å². The molecular weight excluding hydrogens is 360 g/mol. The minimum atomic E-state index is 0.481. The predicted molar refractivity (Wildman–Crippen MR) is 118 cm³/mol. The van der Waals surface area contributed by atoms with Gasteiger partial charge in [-0.1, -0.05) is 62.5 Å². The number of hydrogen-bond acceptors (Lipinski definition) is 2. The third-order valence-electron chi connectivity index (χ3n) is 5.69. The number of rotatable bonds is 3. The van der Waals surface area contributed by atoms with Crippen molar-refractivity contribution in [3.05, 3.63) is 75.4 Å². The molecule has 0 aliphatic heterocycles. The molecule has 0 unspecified atom stereocenters. The summed E-state index contributed by atoms with van der Waals surface area (Å²) < 4.78 is 0.501. The van der Waals surface area contributed by atoms with E-state index >= 15 is 0 Å². The van der Waals surface area contributed by atoms with E-state index in [1.807, 2.05) is 0 Å². The smallest absolute Gasteiger partial charge is 0.122 e. The van der Waals surface area contributed by atoms with E-state index in [0.29, 0.717) is 16.1 Å². The van der Waals surface area contributed by atoms with Crippen molar-refractivity contribution in [1.82, 2.24) is 4.98 Å². The number of H-pyrrole nitrogens is 1. The molecule has 2 aromatic carbocycles. The normalized spacial score (nSPS) is 13.2. The largest absolute Gasteiger partial charge is 0.345 e. The Morgan fingerprint density at radius 1 is 0.929 bits per heavy atom. The number of aromatic amines is 1. The van der Waals surface area contributed by atoms with Crippen LogP contribution in [-0.4, -0.2) is 4.98 Å². The van der Waals surface area contributed by atoms with Crippen molar-refractivity contribution in [3.8, 4) is 28.5 Å². The van der Waals surface area contributed by atoms with Crippen molar-refractivity contribution in [2.24, 2.45) is 0 Å². The van der Waals surface area contributed by atoms with Crippen LogP contribution in [0, 0.1) is 16.0 Å². The Bertz CT molecular complexity index is 1110. The Labute approximate surface area is 171 Å². The van der Waals surface area contributed by atoms with Crippen molar-refractivity contribution < 1.29 is 0 Å². The molecule has 0 atom stereocenters. The zero-order chi connectivity index (χ0) is 19.7. The summed E-state index contributed by atoms with van der Waals surface area (Å²) in [5.41, 5.74) is 8.76. The molecule has 1 heterocycles. The van der Waals surface area contributed by atoms with Gasteiger partial charge in [0.05, 0.1) is 5.56 Å². The van der Waals surface area contributed by atoms with E-state index in [0.717, 1.165) is 28.8 Å². The molecule has 2 nitrogen and oxygen atoms in total. The fraction of sp³-hybridized carbons (Fsp3) is 0.280. The summed E-state index contributed by atoms with van der Waals surface area (Å²) in [6.45, 7) is 4.37. The summed E-state index contributed by atoms with van der Waals surface area (Å²) in [6.07, 6.45) is 4.85. The maximum atomic E-state index is 9.69. The van der Waals surface area contributed by atoms with E-state index in [-0.39, 0.29) is 0 Å². The number of aryl methyl sites for hydroxylation is 2. The zero-order valence-electron chi connectivity index (χ0n) is 16.4. The monoisotopic (exact) mass is 384 g/mol. The van der Waals surface area contributed by atoms with E-state index in [9.17, 15) is 5.26 Å². The molecule has 0 amide bonds. The fourth-order valence-electron chi connectivity index (χ4n) is 4.00. The van der Waals surface area contributed by atoms with Crippen LogP contribution < -0.4 is 0 Å². The summed E-state index contributed by atoms with van der Waals surface area (Å²) in [6, 6.07) is 19.5. The second-order valence-electron chi connectivity index (χ2n) is 7.88. The van der Waals surface area contributed by atoms with Gasteiger partial charge in [-0.3, -0.25) is 0 Å². The molecule has 0 radical (unpaired) electrons. The molecule has 1 aliphatic rings. The molecular formula is C25H24N2S. The minimum absolute atomic E-state index is 0.481. The van der Waals surface area contributed by atoms with E-state index in [4.69, 9.17) is 12.2 Å². The number of fused-ring (bicyclic) bond motifs is 1. The van der Waals surface area contributed by atoms with Crippen LogP contribution in [0.2, 0.25) is 0 Å². The topological polar surface area (TPSA) is 39.6 Å². The summed E-state index contributed by atoms with van der Waals surface area (Å²) in [5, 5.41) is 9.69. The van der Waals surface area contributed by atoms with Crippen molar-refractivity contribution >= 4 is 12.2 Å². The lowest BCUT2D eigenvalue weighted by Crippen LogP contribution is -2.02. The third kappa shape index (κ3) is 3.53. The molecule has 0 fully saturated rings. The van der Waals surface area contributed by atoms with Crippen LogP contribution in [0.3, 0.4) is 0 Å². The highest BCUT2D eigenvalue weighted by Crippen LogP contribution is 2.32. The van der Waals surface area contributed by atoms with Gasteiger partial charge in [-0.15, -0.1) is 0 Å². The Hall–Kier alpha value is -2.70. The van der Waals surface area contributed by atoms with E-state index in [1.54, 1.807) is 0 Å². The highest BCUT2D eigenvalue weighted by Gasteiger charge is 2.14. The highest BCUT2D eigenvalue weighted by molar-refractivity contribution is 7.71. The van der Waals surface area contributed by atoms with Crippen molar-refractivity contribution in [2.45, 2.75) is 45.4 Å². The number of hydrogen-bond donors (Lipinski definition) is 1. The number of nitrogens with one attached hydrogen (secondary N) is 1. The van der Waals surface area contributed by atoms with Gasteiger partial charge in [0, 0.05) is 11.3 Å². The van der Waals surface area contributed by atoms with Crippen LogP contribution in [0.5, 0.6) is 0 Å². The molecule has 0 spiro atoms. The Kier molecular flexibility index (Phi) is 5.15. The number of aromatic nitrogens is 1. The average molecular weight is 385 g/mol. The number of benzene rings is 2. The molecule has 4 rings (SSSR count). The molecule has 1 N–H and O–H groups in total. The number of pyridine rings is 1.